The van der Waals surface area contributed by atoms with Crippen molar-refractivity contribution in [3.63, 3.8) is 0 Å². The number of carbonyl (C=O) groups excluding carboxylic acids is 1. The molecule has 0 aliphatic carbocycles. The Kier molecular flexibility index (Phi) is 8.45. The lowest BCUT2D eigenvalue weighted by atomic mass is 9.82. The molecule has 0 radical (unpaired) electrons. The van der Waals surface area contributed by atoms with E-state index < -0.39 is 0 Å². The SMILES string of the molecule is Cc1ccc(C(C2CCN(C)CC2)N2CCN(C(=O)NC(c3ccccc3)c3ccccc3)CC2)c(C)c1. The van der Waals surface area contributed by atoms with Crippen LogP contribution >= 0.6 is 0 Å². The Bertz CT molecular complexity index is 1140. The molecule has 0 saturated carbocycles. The number of piperidine rings is 1. The van der Waals surface area contributed by atoms with Crippen LogP contribution < -0.4 is 5.32 Å². The van der Waals surface area contributed by atoms with Crippen molar-refractivity contribution < 1.29 is 4.79 Å². The van der Waals surface area contributed by atoms with Crippen molar-refractivity contribution in [3.05, 3.63) is 107 Å². The molecule has 5 heteroatoms. The van der Waals surface area contributed by atoms with Gasteiger partial charge >= 0.3 is 6.03 Å². The first-order valence-corrected chi connectivity index (χ1v) is 14.1. The van der Waals surface area contributed by atoms with Crippen molar-refractivity contribution in [1.82, 2.24) is 20.0 Å². The maximum absolute atomic E-state index is 13.5. The van der Waals surface area contributed by atoms with E-state index in [0.29, 0.717) is 12.0 Å². The van der Waals surface area contributed by atoms with Crippen LogP contribution in [0.1, 0.15) is 52.7 Å². The number of rotatable bonds is 6. The van der Waals surface area contributed by atoms with E-state index in [4.69, 9.17) is 0 Å². The Morgan fingerprint density at radius 2 is 1.37 bits per heavy atom. The van der Waals surface area contributed by atoms with Crippen LogP contribution in [0.4, 0.5) is 4.79 Å². The normalized spacial score (nSPS) is 18.5. The molecule has 5 rings (SSSR count). The number of likely N-dealkylation sites (tertiary alicyclic amines) is 1. The van der Waals surface area contributed by atoms with Crippen molar-refractivity contribution in [2.75, 3.05) is 46.3 Å². The molecule has 0 bridgehead atoms. The largest absolute Gasteiger partial charge is 0.327 e. The van der Waals surface area contributed by atoms with E-state index >= 15 is 0 Å². The third-order valence-electron chi connectivity index (χ3n) is 8.48. The fraction of sp³-hybridized carbons (Fsp3) is 0.424. The van der Waals surface area contributed by atoms with Crippen LogP contribution in [-0.4, -0.2) is 67.0 Å². The van der Waals surface area contributed by atoms with E-state index in [-0.39, 0.29) is 12.1 Å². The molecule has 2 amide bonds. The zero-order chi connectivity index (χ0) is 26.5. The quantitative estimate of drug-likeness (QED) is 0.455. The fourth-order valence-electron chi connectivity index (χ4n) is 6.32. The lowest BCUT2D eigenvalue weighted by Crippen LogP contribution is -2.54. The minimum Gasteiger partial charge on any atom is -0.327 e. The average Bonchev–Trinajstić information content (AvgIpc) is 2.95. The number of piperazine rings is 1. The van der Waals surface area contributed by atoms with E-state index in [2.05, 4.69) is 78.5 Å². The Labute approximate surface area is 228 Å². The highest BCUT2D eigenvalue weighted by molar-refractivity contribution is 5.75. The highest BCUT2D eigenvalue weighted by atomic mass is 16.2. The molecule has 1 atom stereocenters. The van der Waals surface area contributed by atoms with Crippen molar-refractivity contribution >= 4 is 6.03 Å². The Hall–Kier alpha value is -3.15. The van der Waals surface area contributed by atoms with Gasteiger partial charge in [-0.2, -0.15) is 0 Å². The van der Waals surface area contributed by atoms with Crippen LogP contribution in [0.25, 0.3) is 0 Å². The molecule has 2 aliphatic heterocycles. The number of carbonyl (C=O) groups is 1. The van der Waals surface area contributed by atoms with Gasteiger partial charge in [0, 0.05) is 32.2 Å². The Morgan fingerprint density at radius 3 is 1.92 bits per heavy atom. The number of urea groups is 1. The Morgan fingerprint density at radius 1 is 0.789 bits per heavy atom. The number of hydrogen-bond donors (Lipinski definition) is 1. The topological polar surface area (TPSA) is 38.8 Å². The number of benzene rings is 3. The van der Waals surface area contributed by atoms with E-state index in [1.165, 1.54) is 29.5 Å². The number of aryl methyl sites for hydroxylation is 2. The predicted molar refractivity (Wildman–Crippen MR) is 155 cm³/mol. The van der Waals surface area contributed by atoms with Gasteiger partial charge in [-0.1, -0.05) is 84.4 Å². The van der Waals surface area contributed by atoms with Crippen LogP contribution in [-0.2, 0) is 0 Å². The molecule has 0 aromatic heterocycles. The highest BCUT2D eigenvalue weighted by Crippen LogP contribution is 2.37. The first-order valence-electron chi connectivity index (χ1n) is 14.1. The van der Waals surface area contributed by atoms with Crippen molar-refractivity contribution in [3.8, 4) is 0 Å². The maximum atomic E-state index is 13.5. The summed E-state index contributed by atoms with van der Waals surface area (Å²) in [7, 11) is 2.23. The molecule has 3 aromatic rings. The summed E-state index contributed by atoms with van der Waals surface area (Å²) in [4.78, 5) is 20.6. The molecule has 2 aliphatic rings. The Balaban J connectivity index is 1.29. The zero-order valence-electron chi connectivity index (χ0n) is 23.1. The fourth-order valence-corrected chi connectivity index (χ4v) is 6.32. The molecule has 1 unspecified atom stereocenters. The van der Waals surface area contributed by atoms with E-state index in [0.717, 1.165) is 50.4 Å². The minimum atomic E-state index is -0.162. The second-order valence-electron chi connectivity index (χ2n) is 11.2. The van der Waals surface area contributed by atoms with Gasteiger partial charge in [0.15, 0.2) is 0 Å². The van der Waals surface area contributed by atoms with Gasteiger partial charge in [-0.3, -0.25) is 4.90 Å². The smallest absolute Gasteiger partial charge is 0.318 e. The summed E-state index contributed by atoms with van der Waals surface area (Å²) >= 11 is 0. The van der Waals surface area contributed by atoms with Gasteiger partial charge in [-0.15, -0.1) is 0 Å². The second-order valence-corrected chi connectivity index (χ2v) is 11.2. The van der Waals surface area contributed by atoms with Crippen LogP contribution in [0, 0.1) is 19.8 Å². The number of hydrogen-bond acceptors (Lipinski definition) is 3. The molecular formula is C33H42N4O. The van der Waals surface area contributed by atoms with Gasteiger partial charge in [-0.05, 0) is 75.0 Å². The van der Waals surface area contributed by atoms with Crippen molar-refractivity contribution in [1.29, 1.82) is 0 Å². The number of amides is 2. The van der Waals surface area contributed by atoms with Gasteiger partial charge in [0.25, 0.3) is 0 Å². The first-order chi connectivity index (χ1) is 18.5. The summed E-state index contributed by atoms with van der Waals surface area (Å²) < 4.78 is 0. The van der Waals surface area contributed by atoms with Gasteiger partial charge in [-0.25, -0.2) is 4.79 Å². The molecule has 2 saturated heterocycles. The molecule has 2 fully saturated rings. The van der Waals surface area contributed by atoms with Crippen molar-refractivity contribution in [2.45, 2.75) is 38.8 Å². The molecule has 0 spiro atoms. The molecule has 2 heterocycles. The maximum Gasteiger partial charge on any atom is 0.318 e. The van der Waals surface area contributed by atoms with Gasteiger partial charge in [0.1, 0.15) is 0 Å². The standard InChI is InChI=1S/C33H42N4O/c1-25-14-15-30(26(2)24-25)32(29-16-18-35(3)19-17-29)36-20-22-37(23-21-36)33(38)34-31(27-10-6-4-7-11-27)28-12-8-5-9-13-28/h4-15,24,29,31-32H,16-23H2,1-3H3,(H,34,38). The minimum absolute atomic E-state index is 0.0183. The van der Waals surface area contributed by atoms with Crippen LogP contribution in [0.5, 0.6) is 0 Å². The van der Waals surface area contributed by atoms with Crippen LogP contribution in [0.15, 0.2) is 78.9 Å². The molecule has 3 aromatic carbocycles. The van der Waals surface area contributed by atoms with Gasteiger partial charge in [0.05, 0.1) is 6.04 Å². The van der Waals surface area contributed by atoms with Gasteiger partial charge in [0.2, 0.25) is 0 Å². The van der Waals surface area contributed by atoms with Gasteiger partial charge < -0.3 is 15.1 Å². The monoisotopic (exact) mass is 510 g/mol. The number of nitrogens with zero attached hydrogens (tertiary/aromatic N) is 3. The molecule has 200 valence electrons. The third-order valence-corrected chi connectivity index (χ3v) is 8.48. The summed E-state index contributed by atoms with van der Waals surface area (Å²) in [5.41, 5.74) is 6.38. The first kappa shape index (κ1) is 26.5. The lowest BCUT2D eigenvalue weighted by molar-refractivity contribution is 0.0572. The summed E-state index contributed by atoms with van der Waals surface area (Å²) in [6.07, 6.45) is 2.45. The molecular weight excluding hydrogens is 468 g/mol. The summed E-state index contributed by atoms with van der Waals surface area (Å²) in [5, 5.41) is 3.34. The van der Waals surface area contributed by atoms with Crippen LogP contribution in [0.2, 0.25) is 0 Å². The van der Waals surface area contributed by atoms with E-state index in [9.17, 15) is 4.79 Å². The van der Waals surface area contributed by atoms with E-state index in [1.54, 1.807) is 0 Å². The zero-order valence-corrected chi connectivity index (χ0v) is 23.1. The third kappa shape index (κ3) is 6.11. The molecule has 38 heavy (non-hydrogen) atoms. The summed E-state index contributed by atoms with van der Waals surface area (Å²) in [6, 6.07) is 27.7. The summed E-state index contributed by atoms with van der Waals surface area (Å²) in [5.74, 6) is 0.647. The molecule has 5 nitrogen and oxygen atoms in total. The van der Waals surface area contributed by atoms with Crippen molar-refractivity contribution in [2.24, 2.45) is 5.92 Å². The van der Waals surface area contributed by atoms with E-state index in [1.807, 2.05) is 41.3 Å². The molecule has 1 N–H and O–H groups in total. The lowest BCUT2D eigenvalue weighted by Gasteiger charge is -2.45. The highest BCUT2D eigenvalue weighted by Gasteiger charge is 2.35. The average molecular weight is 511 g/mol. The predicted octanol–water partition coefficient (Wildman–Crippen LogP) is 5.80. The second kappa shape index (κ2) is 12.1. The van der Waals surface area contributed by atoms with Crippen LogP contribution in [0.3, 0.4) is 0 Å². The summed E-state index contributed by atoms with van der Waals surface area (Å²) in [6.45, 7) is 10.1. The number of nitrogens with one attached hydrogen (secondary N) is 1.